The van der Waals surface area contributed by atoms with Gasteiger partial charge in [0.2, 0.25) is 15.8 Å². The van der Waals surface area contributed by atoms with E-state index in [0.717, 1.165) is 53.9 Å². The predicted octanol–water partition coefficient (Wildman–Crippen LogP) is 7.61. The van der Waals surface area contributed by atoms with Crippen LogP contribution in [0.25, 0.3) is 22.5 Å². The molecule has 2 saturated heterocycles. The minimum atomic E-state index is -4.21. The largest absolute Gasteiger partial charge is 0.497 e. The van der Waals surface area contributed by atoms with E-state index in [1.165, 1.54) is 10.4 Å². The maximum atomic E-state index is 15.0. The quantitative estimate of drug-likeness (QED) is 0.106. The second-order valence-corrected chi connectivity index (χ2v) is 17.7. The first-order valence-corrected chi connectivity index (χ1v) is 22.7. The molecule has 8 rings (SSSR count). The summed E-state index contributed by atoms with van der Waals surface area (Å²) in [5.41, 5.74) is 6.48. The van der Waals surface area contributed by atoms with Gasteiger partial charge >= 0.3 is 6.09 Å². The summed E-state index contributed by atoms with van der Waals surface area (Å²) in [4.78, 5) is 16.4. The van der Waals surface area contributed by atoms with Crippen molar-refractivity contribution in [3.8, 4) is 34.0 Å². The molecule has 0 unspecified atom stereocenters. The van der Waals surface area contributed by atoms with Gasteiger partial charge in [0, 0.05) is 19.6 Å². The van der Waals surface area contributed by atoms with Crippen LogP contribution in [-0.2, 0) is 40.9 Å². The fraction of sp³-hybridized carbons (Fsp3) is 0.333. The molecular weight excluding hydrogens is 803 g/mol. The van der Waals surface area contributed by atoms with Crippen molar-refractivity contribution >= 4 is 16.1 Å². The average Bonchev–Trinajstić information content (AvgIpc) is 3.79. The molecule has 2 aliphatic rings. The SMILES string of the molecule is COc1ccc(CNS(=O)(=O)c2c(CC3CCN(C(=O)OCc4ccccc4)CC3)ccc(-c3ccc(C4CCNCC4)cc3)c2-c2nnn(Cc3ccc(OC)cc3)n2)cc1. The van der Waals surface area contributed by atoms with E-state index in [2.05, 4.69) is 44.6 Å². The molecular formula is C48H53N7O6S. The van der Waals surface area contributed by atoms with Crippen LogP contribution in [0.5, 0.6) is 11.5 Å². The van der Waals surface area contributed by atoms with Gasteiger partial charge < -0.3 is 24.4 Å². The van der Waals surface area contributed by atoms with Gasteiger partial charge in [0.25, 0.3) is 0 Å². The maximum absolute atomic E-state index is 15.0. The summed E-state index contributed by atoms with van der Waals surface area (Å²) in [6.07, 6.45) is 3.62. The van der Waals surface area contributed by atoms with Crippen molar-refractivity contribution in [3.63, 3.8) is 0 Å². The van der Waals surface area contributed by atoms with E-state index in [1.54, 1.807) is 19.1 Å². The molecule has 1 amide bonds. The molecule has 1 aromatic heterocycles. The first-order valence-electron chi connectivity index (χ1n) is 21.2. The third-order valence-electron chi connectivity index (χ3n) is 11.9. The van der Waals surface area contributed by atoms with Crippen LogP contribution in [0.4, 0.5) is 4.79 Å². The normalized spacial score (nSPS) is 15.0. The van der Waals surface area contributed by atoms with E-state index in [1.807, 2.05) is 91.0 Å². The van der Waals surface area contributed by atoms with Crippen LogP contribution in [0.3, 0.4) is 0 Å². The number of piperidine rings is 2. The van der Waals surface area contributed by atoms with Crippen molar-refractivity contribution in [2.75, 3.05) is 40.4 Å². The van der Waals surface area contributed by atoms with Crippen LogP contribution in [0.15, 0.2) is 120 Å². The summed E-state index contributed by atoms with van der Waals surface area (Å²) in [6, 6.07) is 36.9. The fourth-order valence-corrected chi connectivity index (χ4v) is 9.85. The molecule has 62 heavy (non-hydrogen) atoms. The summed E-state index contributed by atoms with van der Waals surface area (Å²) < 4.78 is 49.3. The van der Waals surface area contributed by atoms with Gasteiger partial charge in [-0.3, -0.25) is 0 Å². The van der Waals surface area contributed by atoms with Crippen LogP contribution >= 0.6 is 0 Å². The first-order chi connectivity index (χ1) is 30.3. The molecule has 3 heterocycles. The van der Waals surface area contributed by atoms with Gasteiger partial charge in [0.1, 0.15) is 18.1 Å². The smallest absolute Gasteiger partial charge is 0.410 e. The molecule has 13 nitrogen and oxygen atoms in total. The number of nitrogens with zero attached hydrogens (tertiary/aromatic N) is 5. The van der Waals surface area contributed by atoms with E-state index < -0.39 is 10.0 Å². The molecule has 0 bridgehead atoms. The van der Waals surface area contributed by atoms with Crippen molar-refractivity contribution in [2.24, 2.45) is 5.92 Å². The summed E-state index contributed by atoms with van der Waals surface area (Å²) in [5, 5.41) is 17.3. The van der Waals surface area contributed by atoms with Crippen molar-refractivity contribution < 1.29 is 27.4 Å². The number of carbonyl (C=O) groups excluding carboxylic acids is 1. The van der Waals surface area contributed by atoms with Gasteiger partial charge in [-0.15, -0.1) is 10.2 Å². The number of rotatable bonds is 15. The van der Waals surface area contributed by atoms with E-state index >= 15 is 8.42 Å². The number of amides is 1. The number of hydrogen-bond donors (Lipinski definition) is 2. The second kappa shape index (κ2) is 19.7. The minimum Gasteiger partial charge on any atom is -0.497 e. The Labute approximate surface area is 363 Å². The third-order valence-corrected chi connectivity index (χ3v) is 13.4. The van der Waals surface area contributed by atoms with Gasteiger partial charge in [-0.1, -0.05) is 91.0 Å². The highest BCUT2D eigenvalue weighted by Gasteiger charge is 2.32. The summed E-state index contributed by atoms with van der Waals surface area (Å²) in [7, 11) is -0.992. The number of sulfonamides is 1. The maximum Gasteiger partial charge on any atom is 0.410 e. The van der Waals surface area contributed by atoms with Gasteiger partial charge in [0.05, 0.1) is 31.2 Å². The Kier molecular flexibility index (Phi) is 13.6. The van der Waals surface area contributed by atoms with Gasteiger partial charge in [-0.2, -0.15) is 4.80 Å². The molecule has 2 aliphatic heterocycles. The Balaban J connectivity index is 1.14. The lowest BCUT2D eigenvalue weighted by Crippen LogP contribution is -2.39. The Bertz CT molecular complexity index is 2520. The predicted molar refractivity (Wildman–Crippen MR) is 237 cm³/mol. The summed E-state index contributed by atoms with van der Waals surface area (Å²) >= 11 is 0. The molecule has 14 heteroatoms. The standard InChI is InChI=1S/C48H53N7O6S/c1-59-42-17-8-35(9-18-42)31-50-62(57,58)46-41(30-34-24-28-54(29-25-34)48(56)61-33-37-6-4-3-5-7-37)16-21-44(40-14-12-38(13-15-40)39-22-26-49-27-23-39)45(46)47-51-53-55(52-47)32-36-10-19-43(60-2)20-11-36/h3-21,34,39,49-50H,22-33H2,1-2H3. The van der Waals surface area contributed by atoms with E-state index in [4.69, 9.17) is 19.3 Å². The van der Waals surface area contributed by atoms with Crippen molar-refractivity contribution in [3.05, 3.63) is 143 Å². The van der Waals surface area contributed by atoms with Crippen molar-refractivity contribution in [1.82, 2.24) is 35.1 Å². The third kappa shape index (κ3) is 10.3. The Morgan fingerprint density at radius 2 is 1.44 bits per heavy atom. The van der Waals surface area contributed by atoms with Crippen LogP contribution in [0.2, 0.25) is 0 Å². The highest BCUT2D eigenvalue weighted by atomic mass is 32.2. The Morgan fingerprint density at radius 3 is 2.10 bits per heavy atom. The number of ether oxygens (including phenoxy) is 3. The van der Waals surface area contributed by atoms with Crippen LogP contribution in [0.1, 0.15) is 59.4 Å². The zero-order valence-corrected chi connectivity index (χ0v) is 36.0. The Hall–Kier alpha value is -6.09. The van der Waals surface area contributed by atoms with Crippen molar-refractivity contribution in [2.45, 2.75) is 62.6 Å². The zero-order valence-electron chi connectivity index (χ0n) is 35.2. The molecule has 2 fully saturated rings. The van der Waals surface area contributed by atoms with Crippen LogP contribution in [0, 0.1) is 5.92 Å². The average molecular weight is 856 g/mol. The molecule has 2 N–H and O–H groups in total. The molecule has 0 spiro atoms. The monoisotopic (exact) mass is 855 g/mol. The minimum absolute atomic E-state index is 0.0570. The molecule has 5 aromatic carbocycles. The number of aromatic nitrogens is 4. The zero-order chi connectivity index (χ0) is 42.9. The first kappa shape index (κ1) is 42.6. The molecule has 6 aromatic rings. The topological polar surface area (TPSA) is 150 Å². The van der Waals surface area contributed by atoms with Crippen LogP contribution in [-0.4, -0.2) is 80.0 Å². The summed E-state index contributed by atoms with van der Waals surface area (Å²) in [5.74, 6) is 2.18. The lowest BCUT2D eigenvalue weighted by Gasteiger charge is -2.32. The number of nitrogens with one attached hydrogen (secondary N) is 2. The van der Waals surface area contributed by atoms with Gasteiger partial charge in [-0.05, 0) is 125 Å². The van der Waals surface area contributed by atoms with Gasteiger partial charge in [-0.25, -0.2) is 17.9 Å². The number of carbonyl (C=O) groups is 1. The molecule has 322 valence electrons. The molecule has 0 atom stereocenters. The Morgan fingerprint density at radius 1 is 0.774 bits per heavy atom. The molecule has 0 aliphatic carbocycles. The lowest BCUT2D eigenvalue weighted by atomic mass is 9.87. The van der Waals surface area contributed by atoms with Crippen LogP contribution < -0.4 is 19.5 Å². The summed E-state index contributed by atoms with van der Waals surface area (Å²) in [6.45, 7) is 3.56. The fourth-order valence-electron chi connectivity index (χ4n) is 8.39. The number of benzene rings is 5. The van der Waals surface area contributed by atoms with E-state index in [9.17, 15) is 4.79 Å². The second-order valence-electron chi connectivity index (χ2n) is 16.0. The number of hydrogen-bond acceptors (Lipinski definition) is 10. The number of tetrazole rings is 1. The highest BCUT2D eigenvalue weighted by Crippen LogP contribution is 2.40. The number of likely N-dealkylation sites (tertiary alicyclic amines) is 1. The highest BCUT2D eigenvalue weighted by molar-refractivity contribution is 7.89. The number of methoxy groups -OCH3 is 2. The van der Waals surface area contributed by atoms with Crippen molar-refractivity contribution in [1.29, 1.82) is 0 Å². The van der Waals surface area contributed by atoms with Gasteiger partial charge in [0.15, 0.2) is 0 Å². The lowest BCUT2D eigenvalue weighted by molar-refractivity contribution is 0.0823. The molecule has 0 saturated carbocycles. The molecule has 0 radical (unpaired) electrons. The van der Waals surface area contributed by atoms with E-state index in [0.29, 0.717) is 67.3 Å². The van der Waals surface area contributed by atoms with E-state index in [-0.39, 0.29) is 35.9 Å².